The average Bonchev–Trinajstić information content (AvgIpc) is 2.52. The van der Waals surface area contributed by atoms with E-state index in [9.17, 15) is 4.79 Å². The molecule has 0 N–H and O–H groups in total. The summed E-state index contributed by atoms with van der Waals surface area (Å²) in [6.07, 6.45) is 0.570. The molecule has 0 atom stereocenters. The van der Waals surface area contributed by atoms with Crippen LogP contribution in [0.3, 0.4) is 0 Å². The van der Waals surface area contributed by atoms with E-state index >= 15 is 0 Å². The van der Waals surface area contributed by atoms with E-state index in [4.69, 9.17) is 9.47 Å². The van der Waals surface area contributed by atoms with Gasteiger partial charge in [-0.25, -0.2) is 0 Å². The van der Waals surface area contributed by atoms with Crippen molar-refractivity contribution >= 4 is 17.5 Å². The van der Waals surface area contributed by atoms with Crippen LogP contribution in [-0.4, -0.2) is 25.8 Å². The molecule has 1 aromatic rings. The zero-order valence-corrected chi connectivity index (χ0v) is 11.1. The zero-order valence-electron chi connectivity index (χ0n) is 10.3. The quantitative estimate of drug-likeness (QED) is 0.811. The van der Waals surface area contributed by atoms with Gasteiger partial charge in [-0.15, -0.1) is 0 Å². The number of carbonyl (C=O) groups excluding carboxylic acids is 1. The summed E-state index contributed by atoms with van der Waals surface area (Å²) < 4.78 is 10.6. The lowest BCUT2D eigenvalue weighted by molar-refractivity contribution is 0.0986. The maximum atomic E-state index is 12.2. The van der Waals surface area contributed by atoms with Gasteiger partial charge >= 0.3 is 0 Å². The third-order valence-corrected chi connectivity index (χ3v) is 3.98. The molecule has 1 aliphatic rings. The van der Waals surface area contributed by atoms with Gasteiger partial charge in [-0.05, 0) is 24.1 Å². The number of fused-ring (bicyclic) bond motifs is 1. The highest BCUT2D eigenvalue weighted by Gasteiger charge is 2.25. The van der Waals surface area contributed by atoms with Crippen molar-refractivity contribution in [1.29, 1.82) is 0 Å². The second kappa shape index (κ2) is 5.00. The Morgan fingerprint density at radius 2 is 2.06 bits per heavy atom. The summed E-state index contributed by atoms with van der Waals surface area (Å²) >= 11 is 1.79. The molecule has 0 saturated heterocycles. The van der Waals surface area contributed by atoms with Crippen LogP contribution < -0.4 is 9.47 Å². The van der Waals surface area contributed by atoms with Gasteiger partial charge in [-0.1, -0.05) is 0 Å². The van der Waals surface area contributed by atoms with Crippen molar-refractivity contribution in [3.05, 3.63) is 22.8 Å². The Morgan fingerprint density at radius 1 is 1.29 bits per heavy atom. The molecule has 1 heterocycles. The average molecular weight is 252 g/mol. The number of ether oxygens (including phenoxy) is 2. The maximum Gasteiger partial charge on any atom is 0.171 e. The van der Waals surface area contributed by atoms with Crippen LogP contribution in [-0.2, 0) is 5.75 Å². The highest BCUT2D eigenvalue weighted by molar-refractivity contribution is 7.98. The van der Waals surface area contributed by atoms with Crippen molar-refractivity contribution in [2.75, 3.05) is 20.0 Å². The Bertz CT molecular complexity index is 454. The molecule has 0 aliphatic carbocycles. The van der Waals surface area contributed by atoms with Crippen molar-refractivity contribution in [3.8, 4) is 11.5 Å². The predicted molar refractivity (Wildman–Crippen MR) is 69.4 cm³/mol. The number of rotatable bonds is 2. The van der Waals surface area contributed by atoms with Gasteiger partial charge in [0.2, 0.25) is 0 Å². The van der Waals surface area contributed by atoms with Crippen molar-refractivity contribution < 1.29 is 14.3 Å². The minimum absolute atomic E-state index is 0.156. The molecule has 0 radical (unpaired) electrons. The standard InChI is InChI=1S/C13H16O3S/c1-8-6-11(15-2)13(16-3)12-9(8)7-17-5-4-10(12)14/h6H,4-5,7H2,1-3H3. The third-order valence-electron chi connectivity index (χ3n) is 3.00. The lowest BCUT2D eigenvalue weighted by Gasteiger charge is -2.16. The van der Waals surface area contributed by atoms with Crippen LogP contribution in [0.4, 0.5) is 0 Å². The van der Waals surface area contributed by atoms with E-state index in [2.05, 4.69) is 0 Å². The number of hydrogen-bond donors (Lipinski definition) is 0. The van der Waals surface area contributed by atoms with Gasteiger partial charge in [-0.2, -0.15) is 11.8 Å². The molecular weight excluding hydrogens is 236 g/mol. The van der Waals surface area contributed by atoms with Crippen LogP contribution in [0.1, 0.15) is 27.9 Å². The molecule has 3 nitrogen and oxygen atoms in total. The molecule has 0 saturated carbocycles. The van der Waals surface area contributed by atoms with E-state index in [-0.39, 0.29) is 5.78 Å². The van der Waals surface area contributed by atoms with E-state index in [1.165, 1.54) is 0 Å². The van der Waals surface area contributed by atoms with E-state index in [1.807, 2.05) is 13.0 Å². The number of benzene rings is 1. The Morgan fingerprint density at radius 3 is 2.71 bits per heavy atom. The minimum Gasteiger partial charge on any atom is -0.493 e. The zero-order chi connectivity index (χ0) is 12.4. The van der Waals surface area contributed by atoms with Crippen molar-refractivity contribution in [3.63, 3.8) is 0 Å². The van der Waals surface area contributed by atoms with Crippen LogP contribution >= 0.6 is 11.8 Å². The largest absolute Gasteiger partial charge is 0.493 e. The summed E-state index contributed by atoms with van der Waals surface area (Å²) in [6, 6.07) is 1.94. The molecule has 1 aliphatic heterocycles. The molecule has 0 fully saturated rings. The summed E-state index contributed by atoms with van der Waals surface area (Å²) in [7, 11) is 3.18. The Balaban J connectivity index is 2.69. The monoisotopic (exact) mass is 252 g/mol. The van der Waals surface area contributed by atoms with Crippen LogP contribution in [0, 0.1) is 6.92 Å². The topological polar surface area (TPSA) is 35.5 Å². The van der Waals surface area contributed by atoms with Crippen LogP contribution in [0.25, 0.3) is 0 Å². The maximum absolute atomic E-state index is 12.2. The van der Waals surface area contributed by atoms with E-state index in [0.29, 0.717) is 23.5 Å². The first-order valence-electron chi connectivity index (χ1n) is 5.54. The smallest absolute Gasteiger partial charge is 0.171 e. The first kappa shape index (κ1) is 12.3. The normalized spacial score (nSPS) is 15.1. The van der Waals surface area contributed by atoms with Gasteiger partial charge in [0.15, 0.2) is 17.3 Å². The van der Waals surface area contributed by atoms with Gasteiger partial charge in [0.25, 0.3) is 0 Å². The summed E-state index contributed by atoms with van der Waals surface area (Å²) in [4.78, 5) is 12.2. The van der Waals surface area contributed by atoms with E-state index in [1.54, 1.807) is 26.0 Å². The molecule has 0 aromatic heterocycles. The number of ketones is 1. The molecule has 0 unspecified atom stereocenters. The van der Waals surface area contributed by atoms with E-state index < -0.39 is 0 Å². The van der Waals surface area contributed by atoms with E-state index in [0.717, 1.165) is 22.6 Å². The number of methoxy groups -OCH3 is 2. The fraction of sp³-hybridized carbons (Fsp3) is 0.462. The number of Topliss-reactive ketones (excluding diaryl/α,β-unsaturated/α-hetero) is 1. The van der Waals surface area contributed by atoms with Gasteiger partial charge in [0, 0.05) is 17.9 Å². The van der Waals surface area contributed by atoms with Crippen molar-refractivity contribution in [1.82, 2.24) is 0 Å². The summed E-state index contributed by atoms with van der Waals surface area (Å²) in [5.74, 6) is 3.12. The molecule has 92 valence electrons. The fourth-order valence-electron chi connectivity index (χ4n) is 2.11. The Labute approximate surface area is 105 Å². The van der Waals surface area contributed by atoms with Gasteiger partial charge < -0.3 is 9.47 Å². The van der Waals surface area contributed by atoms with Crippen LogP contribution in [0.2, 0.25) is 0 Å². The van der Waals surface area contributed by atoms with Gasteiger partial charge in [0.1, 0.15) is 0 Å². The highest BCUT2D eigenvalue weighted by Crippen LogP contribution is 2.39. The summed E-state index contributed by atoms with van der Waals surface area (Å²) in [5, 5.41) is 0. The second-order valence-corrected chi connectivity index (χ2v) is 5.11. The molecule has 17 heavy (non-hydrogen) atoms. The molecule has 0 bridgehead atoms. The molecule has 4 heteroatoms. The Kier molecular flexibility index (Phi) is 3.62. The molecule has 0 spiro atoms. The molecule has 1 aromatic carbocycles. The second-order valence-electron chi connectivity index (χ2n) is 4.01. The van der Waals surface area contributed by atoms with Crippen LogP contribution in [0.5, 0.6) is 11.5 Å². The number of aryl methyl sites for hydroxylation is 1. The molecule has 2 rings (SSSR count). The third kappa shape index (κ3) is 2.14. The fourth-order valence-corrected chi connectivity index (χ4v) is 3.16. The lowest BCUT2D eigenvalue weighted by Crippen LogP contribution is -2.07. The van der Waals surface area contributed by atoms with Gasteiger partial charge in [-0.3, -0.25) is 4.79 Å². The minimum atomic E-state index is 0.156. The molecular formula is C13H16O3S. The first-order chi connectivity index (χ1) is 8.19. The number of carbonyl (C=O) groups is 1. The predicted octanol–water partition coefficient (Wildman–Crippen LogP) is 2.83. The highest BCUT2D eigenvalue weighted by atomic mass is 32.2. The lowest BCUT2D eigenvalue weighted by atomic mass is 9.97. The molecule has 0 amide bonds. The first-order valence-corrected chi connectivity index (χ1v) is 6.70. The summed E-state index contributed by atoms with van der Waals surface area (Å²) in [5.41, 5.74) is 2.91. The SMILES string of the molecule is COc1cc(C)c2c(c1OC)C(=O)CCSC2. The summed E-state index contributed by atoms with van der Waals surface area (Å²) in [6.45, 7) is 2.01. The number of hydrogen-bond acceptors (Lipinski definition) is 4. The van der Waals surface area contributed by atoms with Gasteiger partial charge in [0.05, 0.1) is 19.8 Å². The van der Waals surface area contributed by atoms with Crippen molar-refractivity contribution in [2.45, 2.75) is 19.1 Å². The Hall–Kier alpha value is -1.16. The van der Waals surface area contributed by atoms with Crippen LogP contribution in [0.15, 0.2) is 6.07 Å². The van der Waals surface area contributed by atoms with Crippen molar-refractivity contribution in [2.24, 2.45) is 0 Å². The number of thioether (sulfide) groups is 1.